The normalized spacial score (nSPS) is 15.8. The predicted octanol–water partition coefficient (Wildman–Crippen LogP) is 0.754. The molecule has 5 nitrogen and oxygen atoms in total. The van der Waals surface area contributed by atoms with Crippen LogP contribution < -0.4 is 10.1 Å². The average Bonchev–Trinajstić information content (AvgIpc) is 2.26. The summed E-state index contributed by atoms with van der Waals surface area (Å²) in [6, 6.07) is 3.79. The first-order valence-electron chi connectivity index (χ1n) is 5.66. The van der Waals surface area contributed by atoms with Crippen LogP contribution in [0.4, 0.5) is 0 Å². The molecule has 16 heavy (non-hydrogen) atoms. The average molecular weight is 223 g/mol. The summed E-state index contributed by atoms with van der Waals surface area (Å²) in [7, 11) is 0. The highest BCUT2D eigenvalue weighted by Crippen LogP contribution is 2.12. The van der Waals surface area contributed by atoms with Crippen molar-refractivity contribution in [1.82, 2.24) is 15.5 Å². The van der Waals surface area contributed by atoms with E-state index in [-0.39, 0.29) is 6.10 Å². The minimum absolute atomic E-state index is 0.151. The molecule has 0 aromatic carbocycles. The van der Waals surface area contributed by atoms with Crippen molar-refractivity contribution >= 4 is 0 Å². The Balaban J connectivity index is 1.78. The standard InChI is InChI=1S/C11H17N3O2/c1-2-5-12-6-9-3-4-11(14-13-9)16-10-7-15-8-10/h3-4,10,12H,2,5-8H2,1H3. The summed E-state index contributed by atoms with van der Waals surface area (Å²) in [5.41, 5.74) is 0.936. The lowest BCUT2D eigenvalue weighted by molar-refractivity contribution is -0.0816. The van der Waals surface area contributed by atoms with E-state index in [0.717, 1.165) is 25.2 Å². The van der Waals surface area contributed by atoms with Gasteiger partial charge in [-0.25, -0.2) is 0 Å². The number of hydrogen-bond donors (Lipinski definition) is 1. The van der Waals surface area contributed by atoms with Crippen LogP contribution in [-0.4, -0.2) is 36.1 Å². The van der Waals surface area contributed by atoms with E-state index >= 15 is 0 Å². The Morgan fingerprint density at radius 1 is 1.44 bits per heavy atom. The predicted molar refractivity (Wildman–Crippen MR) is 59.3 cm³/mol. The van der Waals surface area contributed by atoms with Crippen LogP contribution in [0.3, 0.4) is 0 Å². The van der Waals surface area contributed by atoms with Crippen LogP contribution in [0.25, 0.3) is 0 Å². The molecule has 5 heteroatoms. The maximum absolute atomic E-state index is 5.51. The van der Waals surface area contributed by atoms with Crippen LogP contribution >= 0.6 is 0 Å². The molecular formula is C11H17N3O2. The molecule has 1 aliphatic heterocycles. The number of hydrogen-bond acceptors (Lipinski definition) is 5. The van der Waals surface area contributed by atoms with E-state index in [1.807, 2.05) is 12.1 Å². The largest absolute Gasteiger partial charge is 0.468 e. The van der Waals surface area contributed by atoms with Crippen LogP contribution in [0.1, 0.15) is 19.0 Å². The molecule has 88 valence electrons. The van der Waals surface area contributed by atoms with Gasteiger partial charge in [0.15, 0.2) is 0 Å². The van der Waals surface area contributed by atoms with Crippen LogP contribution in [0.5, 0.6) is 5.88 Å². The van der Waals surface area contributed by atoms with E-state index in [1.54, 1.807) is 0 Å². The topological polar surface area (TPSA) is 56.3 Å². The molecule has 0 saturated carbocycles. The molecule has 2 rings (SSSR count). The summed E-state index contributed by atoms with van der Waals surface area (Å²) in [4.78, 5) is 0. The maximum Gasteiger partial charge on any atom is 0.233 e. The molecule has 1 fully saturated rings. The SMILES string of the molecule is CCCNCc1ccc(OC2COC2)nn1. The van der Waals surface area contributed by atoms with Crippen molar-refractivity contribution in [3.63, 3.8) is 0 Å². The molecule has 0 spiro atoms. The number of nitrogens with zero attached hydrogens (tertiary/aromatic N) is 2. The molecule has 2 heterocycles. The molecule has 1 aromatic rings. The smallest absolute Gasteiger partial charge is 0.233 e. The summed E-state index contributed by atoms with van der Waals surface area (Å²) in [6.45, 7) is 5.20. The number of ether oxygens (including phenoxy) is 2. The van der Waals surface area contributed by atoms with Gasteiger partial charge in [-0.3, -0.25) is 0 Å². The highest BCUT2D eigenvalue weighted by atomic mass is 16.6. The first-order chi connectivity index (χ1) is 7.88. The van der Waals surface area contributed by atoms with Crippen LogP contribution in [0.15, 0.2) is 12.1 Å². The highest BCUT2D eigenvalue weighted by Gasteiger charge is 2.20. The Bertz CT molecular complexity index is 312. The van der Waals surface area contributed by atoms with E-state index < -0.39 is 0 Å². The van der Waals surface area contributed by atoms with E-state index in [0.29, 0.717) is 19.1 Å². The van der Waals surface area contributed by atoms with E-state index in [9.17, 15) is 0 Å². The van der Waals surface area contributed by atoms with Crippen molar-refractivity contribution < 1.29 is 9.47 Å². The Morgan fingerprint density at radius 3 is 2.88 bits per heavy atom. The second-order valence-corrected chi connectivity index (χ2v) is 3.82. The van der Waals surface area contributed by atoms with Gasteiger partial charge in [-0.05, 0) is 19.0 Å². The fraction of sp³-hybridized carbons (Fsp3) is 0.636. The summed E-state index contributed by atoms with van der Waals surface area (Å²) in [6.07, 6.45) is 1.27. The second kappa shape index (κ2) is 5.77. The molecule has 0 bridgehead atoms. The zero-order chi connectivity index (χ0) is 11.2. The summed E-state index contributed by atoms with van der Waals surface area (Å²) >= 11 is 0. The molecule has 1 N–H and O–H groups in total. The first-order valence-corrected chi connectivity index (χ1v) is 5.66. The zero-order valence-corrected chi connectivity index (χ0v) is 9.48. The second-order valence-electron chi connectivity index (χ2n) is 3.82. The van der Waals surface area contributed by atoms with Crippen molar-refractivity contribution in [3.8, 4) is 5.88 Å². The molecule has 1 aromatic heterocycles. The third kappa shape index (κ3) is 3.15. The van der Waals surface area contributed by atoms with Gasteiger partial charge in [-0.15, -0.1) is 5.10 Å². The molecule has 1 saturated heterocycles. The summed E-state index contributed by atoms with van der Waals surface area (Å²) in [5, 5.41) is 11.4. The number of aromatic nitrogens is 2. The molecule has 0 unspecified atom stereocenters. The third-order valence-electron chi connectivity index (χ3n) is 2.32. The quantitative estimate of drug-likeness (QED) is 0.721. The van der Waals surface area contributed by atoms with Crippen LogP contribution in [0, 0.1) is 0 Å². The number of rotatable bonds is 6. The van der Waals surface area contributed by atoms with Crippen molar-refractivity contribution in [2.45, 2.75) is 26.0 Å². The lowest BCUT2D eigenvalue weighted by Crippen LogP contribution is -2.38. The third-order valence-corrected chi connectivity index (χ3v) is 2.32. The summed E-state index contributed by atoms with van der Waals surface area (Å²) in [5.74, 6) is 0.576. The molecular weight excluding hydrogens is 206 g/mol. The zero-order valence-electron chi connectivity index (χ0n) is 9.48. The highest BCUT2D eigenvalue weighted by molar-refractivity contribution is 5.12. The van der Waals surface area contributed by atoms with Gasteiger partial charge >= 0.3 is 0 Å². The Morgan fingerprint density at radius 2 is 2.31 bits per heavy atom. The van der Waals surface area contributed by atoms with Gasteiger partial charge in [0, 0.05) is 12.6 Å². The van der Waals surface area contributed by atoms with Gasteiger partial charge in [-0.2, -0.15) is 5.10 Å². The summed E-state index contributed by atoms with van der Waals surface area (Å²) < 4.78 is 10.5. The van der Waals surface area contributed by atoms with Gasteiger partial charge in [0.2, 0.25) is 5.88 Å². The van der Waals surface area contributed by atoms with E-state index in [1.165, 1.54) is 0 Å². The minimum atomic E-state index is 0.151. The Labute approximate surface area is 95.2 Å². The van der Waals surface area contributed by atoms with Gasteiger partial charge < -0.3 is 14.8 Å². The van der Waals surface area contributed by atoms with Gasteiger partial charge in [0.1, 0.15) is 6.10 Å². The fourth-order valence-electron chi connectivity index (χ4n) is 1.35. The Hall–Kier alpha value is -1.20. The molecule has 0 radical (unpaired) electrons. The van der Waals surface area contributed by atoms with Crippen molar-refractivity contribution in [2.24, 2.45) is 0 Å². The maximum atomic E-state index is 5.51. The minimum Gasteiger partial charge on any atom is -0.468 e. The van der Waals surface area contributed by atoms with Gasteiger partial charge in [0.25, 0.3) is 0 Å². The van der Waals surface area contributed by atoms with Gasteiger partial charge in [0.05, 0.1) is 18.9 Å². The lowest BCUT2D eigenvalue weighted by atomic mass is 10.3. The van der Waals surface area contributed by atoms with Crippen molar-refractivity contribution in [2.75, 3.05) is 19.8 Å². The van der Waals surface area contributed by atoms with Crippen LogP contribution in [-0.2, 0) is 11.3 Å². The van der Waals surface area contributed by atoms with Crippen molar-refractivity contribution in [1.29, 1.82) is 0 Å². The van der Waals surface area contributed by atoms with E-state index in [4.69, 9.17) is 9.47 Å². The van der Waals surface area contributed by atoms with E-state index in [2.05, 4.69) is 22.4 Å². The lowest BCUT2D eigenvalue weighted by Gasteiger charge is -2.25. The number of nitrogens with one attached hydrogen (secondary N) is 1. The fourth-order valence-corrected chi connectivity index (χ4v) is 1.35. The molecule has 1 aliphatic rings. The Kier molecular flexibility index (Phi) is 4.07. The van der Waals surface area contributed by atoms with Crippen LogP contribution in [0.2, 0.25) is 0 Å². The molecule has 0 atom stereocenters. The first kappa shape index (κ1) is 11.3. The van der Waals surface area contributed by atoms with Crippen molar-refractivity contribution in [3.05, 3.63) is 17.8 Å². The monoisotopic (exact) mass is 223 g/mol. The van der Waals surface area contributed by atoms with Gasteiger partial charge in [-0.1, -0.05) is 6.92 Å². The molecule has 0 aliphatic carbocycles. The molecule has 0 amide bonds.